The molecule has 3 nitrogen and oxygen atoms in total. The van der Waals surface area contributed by atoms with Crippen molar-refractivity contribution >= 4 is 11.6 Å². The van der Waals surface area contributed by atoms with Crippen LogP contribution in [-0.4, -0.2) is 5.91 Å². The van der Waals surface area contributed by atoms with Gasteiger partial charge in [-0.1, -0.05) is 6.07 Å². The van der Waals surface area contributed by atoms with Crippen LogP contribution in [0.1, 0.15) is 15.9 Å². The van der Waals surface area contributed by atoms with Crippen LogP contribution in [-0.2, 0) is 0 Å². The van der Waals surface area contributed by atoms with Gasteiger partial charge in [-0.2, -0.15) is 5.26 Å². The molecule has 0 aliphatic rings. The summed E-state index contributed by atoms with van der Waals surface area (Å²) in [5.41, 5.74) is 0.179. The second-order valence-electron chi connectivity index (χ2n) is 3.77. The van der Waals surface area contributed by atoms with E-state index in [2.05, 4.69) is 5.32 Å². The summed E-state index contributed by atoms with van der Waals surface area (Å²) in [6.45, 7) is 0. The summed E-state index contributed by atoms with van der Waals surface area (Å²) in [4.78, 5) is 11.8. The Balaban J connectivity index is 2.22. The molecule has 2 aromatic rings. The van der Waals surface area contributed by atoms with Crippen LogP contribution in [0.5, 0.6) is 0 Å². The fourth-order valence-electron chi connectivity index (χ4n) is 1.51. The van der Waals surface area contributed by atoms with Crippen LogP contribution in [0.25, 0.3) is 0 Å². The molecule has 2 rings (SSSR count). The number of carbonyl (C=O) groups excluding carboxylic acids is 1. The number of halogens is 2. The Hall–Kier alpha value is -2.74. The lowest BCUT2D eigenvalue weighted by atomic mass is 10.2. The predicted octanol–water partition coefficient (Wildman–Crippen LogP) is 3.09. The van der Waals surface area contributed by atoms with E-state index >= 15 is 0 Å². The molecule has 0 spiro atoms. The van der Waals surface area contributed by atoms with Crippen molar-refractivity contribution in [1.82, 2.24) is 0 Å². The molecule has 2 aromatic carbocycles. The van der Waals surface area contributed by atoms with Crippen LogP contribution in [0.3, 0.4) is 0 Å². The molecule has 1 amide bonds. The average Bonchev–Trinajstić information content (AvgIpc) is 2.41. The average molecular weight is 258 g/mol. The Morgan fingerprint density at radius 2 is 1.95 bits per heavy atom. The molecule has 1 N–H and O–H groups in total. The second-order valence-corrected chi connectivity index (χ2v) is 3.77. The highest BCUT2D eigenvalue weighted by Gasteiger charge is 2.10. The zero-order chi connectivity index (χ0) is 13.8. The standard InChI is InChI=1S/C14H8F2N2O/c15-11-3-1-2-10(7-11)14(19)18-13-5-4-9(8-17)6-12(13)16/h1-7H,(H,18,19). The maximum Gasteiger partial charge on any atom is 0.255 e. The highest BCUT2D eigenvalue weighted by molar-refractivity contribution is 6.04. The highest BCUT2D eigenvalue weighted by atomic mass is 19.1. The van der Waals surface area contributed by atoms with Crippen LogP contribution < -0.4 is 5.32 Å². The first-order valence-corrected chi connectivity index (χ1v) is 5.37. The Morgan fingerprint density at radius 3 is 2.58 bits per heavy atom. The van der Waals surface area contributed by atoms with Gasteiger partial charge in [-0.05, 0) is 36.4 Å². The molecule has 5 heteroatoms. The number of carbonyl (C=O) groups is 1. The minimum atomic E-state index is -0.719. The summed E-state index contributed by atoms with van der Waals surface area (Å²) in [7, 11) is 0. The zero-order valence-corrected chi connectivity index (χ0v) is 9.65. The van der Waals surface area contributed by atoms with Gasteiger partial charge in [-0.15, -0.1) is 0 Å². The van der Waals surface area contributed by atoms with E-state index in [9.17, 15) is 13.6 Å². The minimum absolute atomic E-state index is 0.0618. The van der Waals surface area contributed by atoms with E-state index < -0.39 is 17.5 Å². The van der Waals surface area contributed by atoms with E-state index in [-0.39, 0.29) is 16.8 Å². The lowest BCUT2D eigenvalue weighted by Gasteiger charge is -2.06. The molecule has 0 saturated carbocycles. The Kier molecular flexibility index (Phi) is 3.53. The van der Waals surface area contributed by atoms with E-state index in [0.29, 0.717) is 0 Å². The van der Waals surface area contributed by atoms with Gasteiger partial charge in [-0.3, -0.25) is 4.79 Å². The maximum atomic E-state index is 13.6. The summed E-state index contributed by atoms with van der Waals surface area (Å²) < 4.78 is 26.5. The number of hydrogen-bond acceptors (Lipinski definition) is 2. The first-order valence-electron chi connectivity index (χ1n) is 5.37. The Bertz CT molecular complexity index is 677. The SMILES string of the molecule is N#Cc1ccc(NC(=O)c2cccc(F)c2)c(F)c1. The molecule has 0 bridgehead atoms. The minimum Gasteiger partial charge on any atom is -0.319 e. The van der Waals surface area contributed by atoms with Crippen molar-refractivity contribution in [2.45, 2.75) is 0 Å². The number of nitrogens with zero attached hydrogens (tertiary/aromatic N) is 1. The van der Waals surface area contributed by atoms with Gasteiger partial charge < -0.3 is 5.32 Å². The molecule has 19 heavy (non-hydrogen) atoms. The number of anilines is 1. The number of amides is 1. The van der Waals surface area contributed by atoms with Crippen LogP contribution in [0.4, 0.5) is 14.5 Å². The molecular formula is C14H8F2N2O. The van der Waals surface area contributed by atoms with Crippen LogP contribution in [0.15, 0.2) is 42.5 Å². The molecule has 0 heterocycles. The molecule has 0 radical (unpaired) electrons. The number of hydrogen-bond donors (Lipinski definition) is 1. The largest absolute Gasteiger partial charge is 0.319 e. The van der Waals surface area contributed by atoms with Gasteiger partial charge in [0.05, 0.1) is 17.3 Å². The molecule has 0 aromatic heterocycles. The second kappa shape index (κ2) is 5.27. The van der Waals surface area contributed by atoms with Crippen molar-refractivity contribution < 1.29 is 13.6 Å². The summed E-state index contributed by atoms with van der Waals surface area (Å²) in [5.74, 6) is -1.89. The van der Waals surface area contributed by atoms with Gasteiger partial charge in [0.15, 0.2) is 0 Å². The highest BCUT2D eigenvalue weighted by Crippen LogP contribution is 2.16. The first kappa shape index (κ1) is 12.7. The third kappa shape index (κ3) is 2.93. The third-order valence-corrected chi connectivity index (χ3v) is 2.43. The molecule has 0 aliphatic heterocycles. The molecular weight excluding hydrogens is 250 g/mol. The summed E-state index contributed by atoms with van der Waals surface area (Å²) >= 11 is 0. The van der Waals surface area contributed by atoms with E-state index in [1.54, 1.807) is 6.07 Å². The molecule has 0 atom stereocenters. The fourth-order valence-corrected chi connectivity index (χ4v) is 1.51. The Labute approximate surface area is 108 Å². The van der Waals surface area contributed by atoms with Crippen molar-refractivity contribution in [3.63, 3.8) is 0 Å². The lowest BCUT2D eigenvalue weighted by molar-refractivity contribution is 0.102. The quantitative estimate of drug-likeness (QED) is 0.899. The van der Waals surface area contributed by atoms with Gasteiger partial charge >= 0.3 is 0 Å². The topological polar surface area (TPSA) is 52.9 Å². The summed E-state index contributed by atoms with van der Waals surface area (Å²) in [6.07, 6.45) is 0. The van der Waals surface area contributed by atoms with Gasteiger partial charge in [0, 0.05) is 5.56 Å². The van der Waals surface area contributed by atoms with E-state index in [1.165, 1.54) is 30.3 Å². The van der Waals surface area contributed by atoms with Crippen molar-refractivity contribution in [2.24, 2.45) is 0 Å². The lowest BCUT2D eigenvalue weighted by Crippen LogP contribution is -2.13. The molecule has 94 valence electrons. The number of nitrogens with one attached hydrogen (secondary N) is 1. The van der Waals surface area contributed by atoms with Crippen LogP contribution in [0.2, 0.25) is 0 Å². The molecule has 0 fully saturated rings. The number of rotatable bonds is 2. The normalized spacial score (nSPS) is 9.74. The van der Waals surface area contributed by atoms with Gasteiger partial charge in [0.25, 0.3) is 5.91 Å². The van der Waals surface area contributed by atoms with Gasteiger partial charge in [-0.25, -0.2) is 8.78 Å². The van der Waals surface area contributed by atoms with Gasteiger partial charge in [0.2, 0.25) is 0 Å². The first-order chi connectivity index (χ1) is 9.10. The van der Waals surface area contributed by atoms with E-state index in [0.717, 1.165) is 12.1 Å². The van der Waals surface area contributed by atoms with E-state index in [1.807, 2.05) is 0 Å². The van der Waals surface area contributed by atoms with Crippen LogP contribution in [0, 0.1) is 23.0 Å². The maximum absolute atomic E-state index is 13.6. The number of benzene rings is 2. The predicted molar refractivity (Wildman–Crippen MR) is 65.5 cm³/mol. The van der Waals surface area contributed by atoms with Crippen LogP contribution >= 0.6 is 0 Å². The fraction of sp³-hybridized carbons (Fsp3) is 0. The summed E-state index contributed by atoms with van der Waals surface area (Å²) in [5, 5.41) is 10.9. The van der Waals surface area contributed by atoms with Crippen molar-refractivity contribution in [2.75, 3.05) is 5.32 Å². The monoisotopic (exact) mass is 258 g/mol. The molecule has 0 saturated heterocycles. The Morgan fingerprint density at radius 1 is 1.16 bits per heavy atom. The third-order valence-electron chi connectivity index (χ3n) is 2.43. The zero-order valence-electron chi connectivity index (χ0n) is 9.65. The van der Waals surface area contributed by atoms with Crippen molar-refractivity contribution in [3.05, 3.63) is 65.2 Å². The number of nitriles is 1. The molecule has 0 aliphatic carbocycles. The van der Waals surface area contributed by atoms with Crippen molar-refractivity contribution in [3.8, 4) is 6.07 Å². The summed E-state index contributed by atoms with van der Waals surface area (Å²) in [6, 6.07) is 10.5. The van der Waals surface area contributed by atoms with Gasteiger partial charge in [0.1, 0.15) is 11.6 Å². The smallest absolute Gasteiger partial charge is 0.255 e. The van der Waals surface area contributed by atoms with E-state index in [4.69, 9.17) is 5.26 Å². The van der Waals surface area contributed by atoms with Crippen molar-refractivity contribution in [1.29, 1.82) is 5.26 Å². The molecule has 0 unspecified atom stereocenters.